The third-order valence-corrected chi connectivity index (χ3v) is 5.13. The van der Waals surface area contributed by atoms with Crippen LogP contribution in [0.3, 0.4) is 0 Å². The molecule has 0 aliphatic carbocycles. The number of esters is 1. The summed E-state index contributed by atoms with van der Waals surface area (Å²) in [5.74, 6) is -1.71. The maximum absolute atomic E-state index is 12.9. The molecule has 2 aromatic rings. The Kier molecular flexibility index (Phi) is 7.05. The Balaban J connectivity index is 1.63. The van der Waals surface area contributed by atoms with Crippen molar-refractivity contribution in [1.29, 1.82) is 0 Å². The predicted octanol–water partition coefficient (Wildman–Crippen LogP) is 2.58. The van der Waals surface area contributed by atoms with E-state index in [1.165, 1.54) is 37.3 Å². The number of rotatable bonds is 8. The number of hydrogen-bond acceptors (Lipinski definition) is 7. The van der Waals surface area contributed by atoms with Gasteiger partial charge in [-0.25, -0.2) is 9.59 Å². The highest BCUT2D eigenvalue weighted by Crippen LogP contribution is 2.30. The molecule has 34 heavy (non-hydrogen) atoms. The molecule has 2 aromatic carbocycles. The number of ether oxygens (including phenoxy) is 1. The fourth-order valence-electron chi connectivity index (χ4n) is 3.33. The molecule has 1 atom stereocenters. The Morgan fingerprint density at radius 2 is 1.79 bits per heavy atom. The van der Waals surface area contributed by atoms with Crippen LogP contribution in [-0.4, -0.2) is 46.8 Å². The Hall–Kier alpha value is -4.54. The number of amides is 4. The Bertz CT molecular complexity index is 1160. The molecule has 1 fully saturated rings. The van der Waals surface area contributed by atoms with Crippen molar-refractivity contribution in [2.24, 2.45) is 0 Å². The number of nitro groups is 1. The number of nitro benzene ring substituents is 1. The van der Waals surface area contributed by atoms with Crippen molar-refractivity contribution in [2.45, 2.75) is 19.4 Å². The highest BCUT2D eigenvalue weighted by atomic mass is 16.6. The van der Waals surface area contributed by atoms with Gasteiger partial charge in [-0.15, -0.1) is 0 Å². The lowest BCUT2D eigenvalue weighted by molar-refractivity contribution is -0.384. The zero-order valence-corrected chi connectivity index (χ0v) is 18.4. The van der Waals surface area contributed by atoms with Gasteiger partial charge in [-0.1, -0.05) is 12.1 Å². The number of hydrogen-bond donors (Lipinski definition) is 2. The molecule has 11 nitrogen and oxygen atoms in total. The zero-order chi connectivity index (χ0) is 24.9. The fraction of sp³-hybridized carbons (Fsp3) is 0.217. The van der Waals surface area contributed by atoms with Gasteiger partial charge in [0, 0.05) is 23.9 Å². The number of anilines is 1. The molecular formula is C23H22N4O7. The molecular weight excluding hydrogens is 444 g/mol. The van der Waals surface area contributed by atoms with Gasteiger partial charge in [-0.3, -0.25) is 24.6 Å². The number of nitrogens with one attached hydrogen (secondary N) is 2. The number of benzene rings is 2. The molecule has 0 bridgehead atoms. The maximum atomic E-state index is 12.9. The second-order valence-corrected chi connectivity index (χ2v) is 7.51. The minimum atomic E-state index is -1.46. The van der Waals surface area contributed by atoms with E-state index >= 15 is 0 Å². The lowest BCUT2D eigenvalue weighted by Gasteiger charge is -2.22. The molecule has 1 aliphatic heterocycles. The Morgan fingerprint density at radius 3 is 2.38 bits per heavy atom. The van der Waals surface area contributed by atoms with Crippen molar-refractivity contribution in [3.63, 3.8) is 0 Å². The van der Waals surface area contributed by atoms with Crippen molar-refractivity contribution in [3.8, 4) is 0 Å². The minimum Gasteiger partial charge on any atom is -0.463 e. The maximum Gasteiger partial charge on any atom is 0.330 e. The summed E-state index contributed by atoms with van der Waals surface area (Å²) < 4.78 is 4.80. The van der Waals surface area contributed by atoms with Gasteiger partial charge in [0.2, 0.25) is 5.91 Å². The van der Waals surface area contributed by atoms with E-state index in [2.05, 4.69) is 10.6 Å². The van der Waals surface area contributed by atoms with E-state index in [0.717, 1.165) is 4.90 Å². The largest absolute Gasteiger partial charge is 0.463 e. The van der Waals surface area contributed by atoms with Gasteiger partial charge in [0.1, 0.15) is 12.1 Å². The average molecular weight is 466 g/mol. The SMILES string of the molecule is CCOC(=O)/C=C/c1ccc(NC(=O)CN2C(=O)NC(C)(c3ccc([N+](=O)[O-])cc3)C2=O)cc1. The number of urea groups is 1. The fourth-order valence-corrected chi connectivity index (χ4v) is 3.33. The van der Waals surface area contributed by atoms with Crippen molar-refractivity contribution in [2.75, 3.05) is 18.5 Å². The summed E-state index contributed by atoms with van der Waals surface area (Å²) in [4.78, 5) is 60.3. The van der Waals surface area contributed by atoms with Crippen LogP contribution in [0.2, 0.25) is 0 Å². The van der Waals surface area contributed by atoms with E-state index < -0.39 is 40.8 Å². The normalized spacial score (nSPS) is 17.5. The van der Waals surface area contributed by atoms with Gasteiger partial charge in [0.25, 0.3) is 11.6 Å². The first-order valence-corrected chi connectivity index (χ1v) is 10.3. The highest BCUT2D eigenvalue weighted by molar-refractivity contribution is 6.10. The summed E-state index contributed by atoms with van der Waals surface area (Å²) in [5, 5.41) is 16.0. The first kappa shape index (κ1) is 24.1. The summed E-state index contributed by atoms with van der Waals surface area (Å²) in [6, 6.07) is 11.1. The Labute approximate surface area is 194 Å². The van der Waals surface area contributed by atoms with E-state index in [9.17, 15) is 29.3 Å². The molecule has 0 radical (unpaired) electrons. The molecule has 11 heteroatoms. The summed E-state index contributed by atoms with van der Waals surface area (Å²) in [5.41, 5.74) is -0.115. The van der Waals surface area contributed by atoms with Crippen molar-refractivity contribution in [3.05, 3.63) is 75.8 Å². The quantitative estimate of drug-likeness (QED) is 0.200. The molecule has 1 unspecified atom stereocenters. The van der Waals surface area contributed by atoms with Crippen molar-refractivity contribution < 1.29 is 28.8 Å². The molecule has 0 saturated carbocycles. The van der Waals surface area contributed by atoms with E-state index in [1.807, 2.05) is 0 Å². The van der Waals surface area contributed by atoms with Crippen LogP contribution >= 0.6 is 0 Å². The Morgan fingerprint density at radius 1 is 1.15 bits per heavy atom. The molecule has 1 aliphatic rings. The number of carbonyl (C=O) groups is 4. The second kappa shape index (κ2) is 9.94. The van der Waals surface area contributed by atoms with E-state index in [4.69, 9.17) is 4.74 Å². The predicted molar refractivity (Wildman–Crippen MR) is 121 cm³/mol. The molecule has 2 N–H and O–H groups in total. The van der Waals surface area contributed by atoms with Gasteiger partial charge in [0.05, 0.1) is 11.5 Å². The molecule has 1 saturated heterocycles. The average Bonchev–Trinajstić information content (AvgIpc) is 3.02. The summed E-state index contributed by atoms with van der Waals surface area (Å²) in [7, 11) is 0. The number of non-ortho nitro benzene ring substituents is 1. The molecule has 3 rings (SSSR count). The third-order valence-electron chi connectivity index (χ3n) is 5.13. The zero-order valence-electron chi connectivity index (χ0n) is 18.4. The van der Waals surface area contributed by atoms with Gasteiger partial charge in [-0.2, -0.15) is 0 Å². The first-order valence-electron chi connectivity index (χ1n) is 10.3. The topological polar surface area (TPSA) is 148 Å². The monoisotopic (exact) mass is 466 g/mol. The molecule has 1 heterocycles. The summed E-state index contributed by atoms with van der Waals surface area (Å²) >= 11 is 0. The van der Waals surface area contributed by atoms with Gasteiger partial charge in [0.15, 0.2) is 0 Å². The van der Waals surface area contributed by atoms with E-state index in [0.29, 0.717) is 16.8 Å². The number of nitrogens with zero attached hydrogens (tertiary/aromatic N) is 2. The second-order valence-electron chi connectivity index (χ2n) is 7.51. The van der Waals surface area contributed by atoms with Crippen LogP contribution < -0.4 is 10.6 Å². The minimum absolute atomic E-state index is 0.150. The van der Waals surface area contributed by atoms with Crippen LogP contribution in [0.4, 0.5) is 16.2 Å². The first-order chi connectivity index (χ1) is 16.1. The molecule has 0 aromatic heterocycles. The number of imide groups is 1. The summed E-state index contributed by atoms with van der Waals surface area (Å²) in [6.45, 7) is 2.93. The number of carbonyl (C=O) groups excluding carboxylic acids is 4. The molecule has 0 spiro atoms. The standard InChI is InChI=1S/C23H22N4O7/c1-3-34-20(29)13-6-15-4-9-17(10-5-15)24-19(28)14-26-21(30)23(2,25-22(26)31)16-7-11-18(12-8-16)27(32)33/h4-13H,3,14H2,1-2H3,(H,24,28)(H,25,31)/b13-6+. The smallest absolute Gasteiger partial charge is 0.330 e. The van der Waals surface area contributed by atoms with Crippen LogP contribution in [0.15, 0.2) is 54.6 Å². The van der Waals surface area contributed by atoms with Crippen LogP contribution in [0, 0.1) is 10.1 Å². The van der Waals surface area contributed by atoms with Crippen LogP contribution in [-0.2, 0) is 24.7 Å². The van der Waals surface area contributed by atoms with Crippen LogP contribution in [0.25, 0.3) is 6.08 Å². The lowest BCUT2D eigenvalue weighted by Crippen LogP contribution is -2.42. The van der Waals surface area contributed by atoms with Crippen molar-refractivity contribution in [1.82, 2.24) is 10.2 Å². The van der Waals surface area contributed by atoms with Gasteiger partial charge < -0.3 is 15.4 Å². The van der Waals surface area contributed by atoms with E-state index in [1.54, 1.807) is 37.3 Å². The van der Waals surface area contributed by atoms with Gasteiger partial charge >= 0.3 is 12.0 Å². The molecule has 176 valence electrons. The van der Waals surface area contributed by atoms with Crippen LogP contribution in [0.1, 0.15) is 25.0 Å². The lowest BCUT2D eigenvalue weighted by atomic mass is 9.92. The van der Waals surface area contributed by atoms with Crippen LogP contribution in [0.5, 0.6) is 0 Å². The summed E-state index contributed by atoms with van der Waals surface area (Å²) in [6.07, 6.45) is 2.85. The van der Waals surface area contributed by atoms with Crippen molar-refractivity contribution >= 4 is 41.3 Å². The van der Waals surface area contributed by atoms with Gasteiger partial charge in [-0.05, 0) is 55.3 Å². The third kappa shape index (κ3) is 5.26. The van der Waals surface area contributed by atoms with E-state index in [-0.39, 0.29) is 12.3 Å². The molecule has 4 amide bonds. The highest BCUT2D eigenvalue weighted by Gasteiger charge is 2.49.